The predicted octanol–water partition coefficient (Wildman–Crippen LogP) is 1.25. The molecule has 2 N–H and O–H groups in total. The van der Waals surface area contributed by atoms with Gasteiger partial charge in [-0.2, -0.15) is 0 Å². The van der Waals surface area contributed by atoms with Gasteiger partial charge in [0.15, 0.2) is 5.82 Å². The fourth-order valence-corrected chi connectivity index (χ4v) is 1.68. The van der Waals surface area contributed by atoms with Crippen molar-refractivity contribution in [1.82, 2.24) is 14.5 Å². The van der Waals surface area contributed by atoms with Crippen molar-refractivity contribution in [2.75, 3.05) is 0 Å². The second-order valence-electron chi connectivity index (χ2n) is 3.45. The van der Waals surface area contributed by atoms with E-state index in [0.717, 1.165) is 22.9 Å². The van der Waals surface area contributed by atoms with Gasteiger partial charge in [-0.3, -0.25) is 4.98 Å². The fraction of sp³-hybridized carbons (Fsp3) is 0.273. The van der Waals surface area contributed by atoms with Crippen LogP contribution in [0.2, 0.25) is 0 Å². The highest BCUT2D eigenvalue weighted by Gasteiger charge is 2.11. The van der Waals surface area contributed by atoms with Crippen molar-refractivity contribution in [3.05, 3.63) is 35.8 Å². The Balaban J connectivity index is 2.55. The molecule has 2 aromatic heterocycles. The highest BCUT2D eigenvalue weighted by molar-refractivity contribution is 5.51. The highest BCUT2D eigenvalue weighted by Crippen LogP contribution is 2.18. The summed E-state index contributed by atoms with van der Waals surface area (Å²) >= 11 is 0. The van der Waals surface area contributed by atoms with Gasteiger partial charge in [-0.25, -0.2) is 4.98 Å². The van der Waals surface area contributed by atoms with E-state index in [-0.39, 0.29) is 0 Å². The first kappa shape index (κ1) is 9.86. The Bertz CT molecular complexity index is 459. The molecular weight excluding hydrogens is 188 g/mol. The molecule has 2 heterocycles. The second kappa shape index (κ2) is 3.82. The minimum Gasteiger partial charge on any atom is -0.328 e. The Kier molecular flexibility index (Phi) is 2.51. The van der Waals surface area contributed by atoms with Crippen LogP contribution in [0.4, 0.5) is 0 Å². The van der Waals surface area contributed by atoms with E-state index < -0.39 is 0 Å². The summed E-state index contributed by atoms with van der Waals surface area (Å²) in [5, 5.41) is 0. The summed E-state index contributed by atoms with van der Waals surface area (Å²) in [6.45, 7) is 2.47. The zero-order valence-corrected chi connectivity index (χ0v) is 8.94. The van der Waals surface area contributed by atoms with Gasteiger partial charge < -0.3 is 10.3 Å². The Morgan fingerprint density at radius 1 is 1.40 bits per heavy atom. The van der Waals surface area contributed by atoms with Crippen LogP contribution in [0.1, 0.15) is 11.4 Å². The van der Waals surface area contributed by atoms with Crippen molar-refractivity contribution in [1.29, 1.82) is 0 Å². The first-order valence-corrected chi connectivity index (χ1v) is 4.87. The van der Waals surface area contributed by atoms with E-state index in [2.05, 4.69) is 9.97 Å². The number of pyridine rings is 1. The van der Waals surface area contributed by atoms with Gasteiger partial charge in [0.25, 0.3) is 0 Å². The zero-order chi connectivity index (χ0) is 10.8. The molecule has 0 saturated heterocycles. The number of imidazole rings is 1. The lowest BCUT2D eigenvalue weighted by Gasteiger charge is -2.03. The molecule has 4 heteroatoms. The maximum absolute atomic E-state index is 5.66. The minimum absolute atomic E-state index is 0.502. The van der Waals surface area contributed by atoms with E-state index in [1.54, 1.807) is 6.20 Å². The quantitative estimate of drug-likeness (QED) is 0.797. The highest BCUT2D eigenvalue weighted by atomic mass is 15.1. The van der Waals surface area contributed by atoms with Crippen LogP contribution in [0.5, 0.6) is 0 Å². The van der Waals surface area contributed by atoms with Gasteiger partial charge in [0.2, 0.25) is 0 Å². The molecule has 0 aliphatic rings. The second-order valence-corrected chi connectivity index (χ2v) is 3.45. The van der Waals surface area contributed by atoms with E-state index >= 15 is 0 Å². The van der Waals surface area contributed by atoms with Crippen LogP contribution < -0.4 is 5.73 Å². The lowest BCUT2D eigenvalue weighted by Crippen LogP contribution is -2.05. The summed E-state index contributed by atoms with van der Waals surface area (Å²) < 4.78 is 2.00. The number of hydrogen-bond acceptors (Lipinski definition) is 3. The Labute approximate surface area is 88.8 Å². The van der Waals surface area contributed by atoms with Gasteiger partial charge in [0.05, 0.1) is 11.4 Å². The van der Waals surface area contributed by atoms with Gasteiger partial charge in [-0.15, -0.1) is 0 Å². The summed E-state index contributed by atoms with van der Waals surface area (Å²) in [5.41, 5.74) is 8.56. The molecule has 0 aliphatic carbocycles. The number of nitrogens with zero attached hydrogens (tertiary/aromatic N) is 3. The molecule has 0 aromatic carbocycles. The van der Waals surface area contributed by atoms with E-state index in [1.807, 2.05) is 36.7 Å². The van der Waals surface area contributed by atoms with E-state index in [9.17, 15) is 0 Å². The molecule has 0 fully saturated rings. The minimum atomic E-state index is 0.502. The summed E-state index contributed by atoms with van der Waals surface area (Å²) in [6, 6.07) is 5.79. The molecule has 0 bridgehead atoms. The number of aromatic nitrogens is 3. The van der Waals surface area contributed by atoms with Crippen LogP contribution >= 0.6 is 0 Å². The molecule has 0 amide bonds. The number of hydrogen-bond donors (Lipinski definition) is 1. The van der Waals surface area contributed by atoms with Crippen LogP contribution in [0.3, 0.4) is 0 Å². The van der Waals surface area contributed by atoms with Crippen molar-refractivity contribution in [3.63, 3.8) is 0 Å². The molecule has 78 valence electrons. The van der Waals surface area contributed by atoms with E-state index in [4.69, 9.17) is 5.73 Å². The Hall–Kier alpha value is -1.68. The van der Waals surface area contributed by atoms with Crippen molar-refractivity contribution in [2.45, 2.75) is 13.5 Å². The van der Waals surface area contributed by atoms with Gasteiger partial charge in [0.1, 0.15) is 5.69 Å². The van der Waals surface area contributed by atoms with Crippen molar-refractivity contribution < 1.29 is 0 Å². The lowest BCUT2D eigenvalue weighted by atomic mass is 10.3. The average Bonchev–Trinajstić information content (AvgIpc) is 2.55. The van der Waals surface area contributed by atoms with Crippen LogP contribution in [0, 0.1) is 6.92 Å². The average molecular weight is 202 g/mol. The summed E-state index contributed by atoms with van der Waals surface area (Å²) in [5.74, 6) is 0.869. The largest absolute Gasteiger partial charge is 0.328 e. The van der Waals surface area contributed by atoms with Gasteiger partial charge in [-0.1, -0.05) is 6.07 Å². The van der Waals surface area contributed by atoms with Crippen molar-refractivity contribution in [2.24, 2.45) is 12.8 Å². The molecule has 0 saturated carbocycles. The summed E-state index contributed by atoms with van der Waals surface area (Å²) in [6.07, 6.45) is 1.77. The first-order valence-electron chi connectivity index (χ1n) is 4.87. The summed E-state index contributed by atoms with van der Waals surface area (Å²) in [4.78, 5) is 8.75. The van der Waals surface area contributed by atoms with Gasteiger partial charge in [-0.05, 0) is 19.1 Å². The smallest absolute Gasteiger partial charge is 0.158 e. The molecule has 0 radical (unpaired) electrons. The number of rotatable bonds is 2. The molecule has 4 nitrogen and oxygen atoms in total. The van der Waals surface area contributed by atoms with Crippen molar-refractivity contribution in [3.8, 4) is 11.5 Å². The molecular formula is C11H14N4. The molecule has 15 heavy (non-hydrogen) atoms. The third kappa shape index (κ3) is 1.64. The van der Waals surface area contributed by atoms with Gasteiger partial charge in [0, 0.05) is 19.8 Å². The molecule has 0 spiro atoms. The van der Waals surface area contributed by atoms with Crippen LogP contribution in [-0.2, 0) is 13.6 Å². The first-order chi connectivity index (χ1) is 7.24. The standard InChI is InChI=1S/C11H14N4/c1-8-10(7-12)15(2)11(14-8)9-5-3-4-6-13-9/h3-6H,7,12H2,1-2H3. The van der Waals surface area contributed by atoms with Gasteiger partial charge >= 0.3 is 0 Å². The fourth-order valence-electron chi connectivity index (χ4n) is 1.68. The van der Waals surface area contributed by atoms with E-state index in [0.29, 0.717) is 6.54 Å². The summed E-state index contributed by atoms with van der Waals surface area (Å²) in [7, 11) is 1.96. The molecule has 0 aliphatic heterocycles. The number of aryl methyl sites for hydroxylation is 1. The zero-order valence-electron chi connectivity index (χ0n) is 8.94. The normalized spacial score (nSPS) is 10.6. The molecule has 2 rings (SSSR count). The predicted molar refractivity (Wildman–Crippen MR) is 59.1 cm³/mol. The topological polar surface area (TPSA) is 56.7 Å². The molecule has 0 unspecified atom stereocenters. The maximum Gasteiger partial charge on any atom is 0.158 e. The Morgan fingerprint density at radius 3 is 2.73 bits per heavy atom. The number of nitrogens with two attached hydrogens (primary N) is 1. The molecule has 2 aromatic rings. The van der Waals surface area contributed by atoms with Crippen LogP contribution in [0.25, 0.3) is 11.5 Å². The monoisotopic (exact) mass is 202 g/mol. The Morgan fingerprint density at radius 2 is 2.20 bits per heavy atom. The maximum atomic E-state index is 5.66. The van der Waals surface area contributed by atoms with Crippen molar-refractivity contribution >= 4 is 0 Å². The lowest BCUT2D eigenvalue weighted by molar-refractivity contribution is 0.820. The molecule has 0 atom stereocenters. The SMILES string of the molecule is Cc1nc(-c2ccccn2)n(C)c1CN. The third-order valence-electron chi connectivity index (χ3n) is 2.50. The van der Waals surface area contributed by atoms with Crippen LogP contribution in [-0.4, -0.2) is 14.5 Å². The van der Waals surface area contributed by atoms with E-state index in [1.165, 1.54) is 0 Å². The third-order valence-corrected chi connectivity index (χ3v) is 2.50. The van der Waals surface area contributed by atoms with Crippen LogP contribution in [0.15, 0.2) is 24.4 Å².